The first-order valence-corrected chi connectivity index (χ1v) is 8.63. The fourth-order valence-corrected chi connectivity index (χ4v) is 3.39. The van der Waals surface area contributed by atoms with Crippen LogP contribution in [0.5, 0.6) is 0 Å². The van der Waals surface area contributed by atoms with E-state index in [-0.39, 0.29) is 11.7 Å². The van der Waals surface area contributed by atoms with Crippen LogP contribution >= 0.6 is 0 Å². The van der Waals surface area contributed by atoms with E-state index in [1.165, 1.54) is 0 Å². The summed E-state index contributed by atoms with van der Waals surface area (Å²) in [6, 6.07) is 8.69. The third-order valence-electron chi connectivity index (χ3n) is 4.76. The van der Waals surface area contributed by atoms with E-state index in [1.807, 2.05) is 31.2 Å². The van der Waals surface area contributed by atoms with Crippen LogP contribution in [0.4, 0.5) is 19.3 Å². The SMILES string of the molecule is COC(=O)c1cc(NC(=O)N2CCCC2c2ccccc2C)c(F)cc1F. The zero-order chi connectivity index (χ0) is 19.6. The number of likely N-dealkylation sites (tertiary alicyclic amines) is 1. The smallest absolute Gasteiger partial charge is 0.340 e. The molecule has 7 heteroatoms. The van der Waals surface area contributed by atoms with Crippen LogP contribution in [0, 0.1) is 18.6 Å². The Morgan fingerprint density at radius 3 is 2.63 bits per heavy atom. The number of carbonyl (C=O) groups excluding carboxylic acids is 2. The number of anilines is 1. The highest BCUT2D eigenvalue weighted by atomic mass is 19.1. The molecule has 2 amide bonds. The number of nitrogens with one attached hydrogen (secondary N) is 1. The van der Waals surface area contributed by atoms with Gasteiger partial charge in [-0.15, -0.1) is 0 Å². The number of rotatable bonds is 3. The summed E-state index contributed by atoms with van der Waals surface area (Å²) in [5, 5.41) is 2.46. The molecule has 1 aliphatic heterocycles. The molecule has 0 aliphatic carbocycles. The van der Waals surface area contributed by atoms with Crippen molar-refractivity contribution in [3.05, 3.63) is 64.7 Å². The standard InChI is InChI=1S/C20H20F2N2O3/c1-12-6-3-4-7-13(12)18-8-5-9-24(18)20(26)23-17-10-14(19(25)27-2)15(21)11-16(17)22/h3-4,6-7,10-11,18H,5,8-9H2,1-2H3,(H,23,26). The quantitative estimate of drug-likeness (QED) is 0.809. The van der Waals surface area contributed by atoms with Crippen LogP contribution in [0.1, 0.15) is 40.4 Å². The Bertz CT molecular complexity index is 886. The Morgan fingerprint density at radius 2 is 1.93 bits per heavy atom. The van der Waals surface area contributed by atoms with E-state index >= 15 is 0 Å². The van der Waals surface area contributed by atoms with E-state index in [4.69, 9.17) is 0 Å². The number of esters is 1. The molecule has 0 saturated carbocycles. The Kier molecular flexibility index (Phi) is 5.39. The van der Waals surface area contributed by atoms with Gasteiger partial charge >= 0.3 is 12.0 Å². The topological polar surface area (TPSA) is 58.6 Å². The van der Waals surface area contributed by atoms with Crippen molar-refractivity contribution in [2.75, 3.05) is 19.0 Å². The number of ether oxygens (including phenoxy) is 1. The first kappa shape index (κ1) is 18.8. The molecule has 0 radical (unpaired) electrons. The van der Waals surface area contributed by atoms with Crippen LogP contribution in [-0.4, -0.2) is 30.6 Å². The second kappa shape index (κ2) is 7.73. The van der Waals surface area contributed by atoms with E-state index in [1.54, 1.807) is 4.90 Å². The third kappa shape index (κ3) is 3.77. The highest BCUT2D eigenvalue weighted by Crippen LogP contribution is 2.34. The third-order valence-corrected chi connectivity index (χ3v) is 4.76. The molecule has 0 bridgehead atoms. The zero-order valence-electron chi connectivity index (χ0n) is 15.1. The lowest BCUT2D eigenvalue weighted by Gasteiger charge is -2.26. The molecular weight excluding hydrogens is 354 g/mol. The van der Waals surface area contributed by atoms with Gasteiger partial charge in [0.2, 0.25) is 0 Å². The summed E-state index contributed by atoms with van der Waals surface area (Å²) in [5.41, 5.74) is 1.41. The summed E-state index contributed by atoms with van der Waals surface area (Å²) in [5.74, 6) is -2.95. The number of aryl methyl sites for hydroxylation is 1. The molecule has 5 nitrogen and oxygen atoms in total. The van der Waals surface area contributed by atoms with Gasteiger partial charge in [0, 0.05) is 12.6 Å². The number of amides is 2. The van der Waals surface area contributed by atoms with E-state index in [0.717, 1.165) is 37.1 Å². The van der Waals surface area contributed by atoms with Crippen molar-refractivity contribution >= 4 is 17.7 Å². The van der Waals surface area contributed by atoms with Crippen LogP contribution in [0.25, 0.3) is 0 Å². The average Bonchev–Trinajstić information content (AvgIpc) is 3.13. The highest BCUT2D eigenvalue weighted by Gasteiger charge is 2.31. The lowest BCUT2D eigenvalue weighted by Crippen LogP contribution is -2.35. The summed E-state index contributed by atoms with van der Waals surface area (Å²) in [7, 11) is 1.10. The number of methoxy groups -OCH3 is 1. The molecule has 1 N–H and O–H groups in total. The van der Waals surface area contributed by atoms with Crippen LogP contribution in [0.2, 0.25) is 0 Å². The van der Waals surface area contributed by atoms with Crippen molar-refractivity contribution < 1.29 is 23.1 Å². The molecule has 142 valence electrons. The second-order valence-corrected chi connectivity index (χ2v) is 6.44. The van der Waals surface area contributed by atoms with Crippen LogP contribution < -0.4 is 5.32 Å². The minimum absolute atomic E-state index is 0.116. The Balaban J connectivity index is 1.85. The average molecular weight is 374 g/mol. The summed E-state index contributed by atoms with van der Waals surface area (Å²) >= 11 is 0. The van der Waals surface area contributed by atoms with Gasteiger partial charge in [-0.2, -0.15) is 0 Å². The largest absolute Gasteiger partial charge is 0.465 e. The van der Waals surface area contributed by atoms with Crippen LogP contribution in [-0.2, 0) is 4.74 Å². The van der Waals surface area contributed by atoms with E-state index in [9.17, 15) is 18.4 Å². The van der Waals surface area contributed by atoms with Gasteiger partial charge in [0.15, 0.2) is 0 Å². The monoisotopic (exact) mass is 374 g/mol. The minimum Gasteiger partial charge on any atom is -0.465 e. The molecule has 1 fully saturated rings. The Labute approximate surface area is 155 Å². The van der Waals surface area contributed by atoms with Crippen molar-refractivity contribution in [1.29, 1.82) is 0 Å². The van der Waals surface area contributed by atoms with Crippen LogP contribution in [0.15, 0.2) is 36.4 Å². The van der Waals surface area contributed by atoms with Crippen molar-refractivity contribution in [3.8, 4) is 0 Å². The molecule has 27 heavy (non-hydrogen) atoms. The van der Waals surface area contributed by atoms with Gasteiger partial charge in [0.25, 0.3) is 0 Å². The van der Waals surface area contributed by atoms with Crippen LogP contribution in [0.3, 0.4) is 0 Å². The molecule has 0 spiro atoms. The highest BCUT2D eigenvalue weighted by molar-refractivity contribution is 5.94. The summed E-state index contributed by atoms with van der Waals surface area (Å²) in [6.07, 6.45) is 1.63. The normalized spacial score (nSPS) is 16.3. The number of nitrogens with zero attached hydrogens (tertiary/aromatic N) is 1. The number of benzene rings is 2. The predicted octanol–water partition coefficient (Wildman–Crippen LogP) is 4.43. The molecule has 0 aromatic heterocycles. The maximum absolute atomic E-state index is 14.1. The van der Waals surface area contributed by atoms with Gasteiger partial charge in [-0.05, 0) is 37.0 Å². The van der Waals surface area contributed by atoms with Gasteiger partial charge in [-0.25, -0.2) is 18.4 Å². The summed E-state index contributed by atoms with van der Waals surface area (Å²) in [6.45, 7) is 2.50. The van der Waals surface area contributed by atoms with E-state index < -0.39 is 29.2 Å². The van der Waals surface area contributed by atoms with Gasteiger partial charge < -0.3 is 15.0 Å². The Hall–Kier alpha value is -2.96. The van der Waals surface area contributed by atoms with E-state index in [2.05, 4.69) is 10.1 Å². The second-order valence-electron chi connectivity index (χ2n) is 6.44. The van der Waals surface area contributed by atoms with Gasteiger partial charge in [0.05, 0.1) is 24.4 Å². The number of halogens is 2. The number of hydrogen-bond donors (Lipinski definition) is 1. The molecule has 1 aliphatic rings. The molecule has 2 aromatic rings. The lowest BCUT2D eigenvalue weighted by atomic mass is 9.99. The molecule has 2 aromatic carbocycles. The molecular formula is C20H20F2N2O3. The molecule has 1 unspecified atom stereocenters. The van der Waals surface area contributed by atoms with Crippen molar-refractivity contribution in [1.82, 2.24) is 4.90 Å². The van der Waals surface area contributed by atoms with Gasteiger partial charge in [-0.1, -0.05) is 24.3 Å². The van der Waals surface area contributed by atoms with Gasteiger partial charge in [0.1, 0.15) is 11.6 Å². The van der Waals surface area contributed by atoms with Crippen molar-refractivity contribution in [2.45, 2.75) is 25.8 Å². The number of carbonyl (C=O) groups is 2. The molecule has 1 heterocycles. The molecule has 1 saturated heterocycles. The maximum atomic E-state index is 14.1. The minimum atomic E-state index is -1.05. The fourth-order valence-electron chi connectivity index (χ4n) is 3.39. The first-order chi connectivity index (χ1) is 12.9. The summed E-state index contributed by atoms with van der Waals surface area (Å²) < 4.78 is 32.4. The number of urea groups is 1. The van der Waals surface area contributed by atoms with Crippen molar-refractivity contribution in [3.63, 3.8) is 0 Å². The number of hydrogen-bond acceptors (Lipinski definition) is 3. The Morgan fingerprint density at radius 1 is 1.19 bits per heavy atom. The first-order valence-electron chi connectivity index (χ1n) is 8.63. The van der Waals surface area contributed by atoms with Crippen molar-refractivity contribution in [2.24, 2.45) is 0 Å². The summed E-state index contributed by atoms with van der Waals surface area (Å²) in [4.78, 5) is 26.0. The zero-order valence-corrected chi connectivity index (χ0v) is 15.1. The predicted molar refractivity (Wildman–Crippen MR) is 96.6 cm³/mol. The molecule has 3 rings (SSSR count). The van der Waals surface area contributed by atoms with Gasteiger partial charge in [-0.3, -0.25) is 0 Å². The molecule has 1 atom stereocenters. The lowest BCUT2D eigenvalue weighted by molar-refractivity contribution is 0.0595. The van der Waals surface area contributed by atoms with E-state index in [0.29, 0.717) is 12.6 Å². The fraction of sp³-hybridized carbons (Fsp3) is 0.300. The maximum Gasteiger partial charge on any atom is 0.340 e.